The summed E-state index contributed by atoms with van der Waals surface area (Å²) in [6.07, 6.45) is 0. The van der Waals surface area contributed by atoms with Gasteiger partial charge >= 0.3 is 0 Å². The molecule has 6 heteroatoms. The first-order chi connectivity index (χ1) is 9.08. The predicted octanol–water partition coefficient (Wildman–Crippen LogP) is 3.56. The predicted molar refractivity (Wildman–Crippen MR) is 74.4 cm³/mol. The molecule has 2 aromatic rings. The van der Waals surface area contributed by atoms with Crippen LogP contribution in [0.4, 0.5) is 11.4 Å². The fraction of sp³-hybridized carbons (Fsp3) is 0.154. The monoisotopic (exact) mass is 277 g/mol. The molecule has 0 spiro atoms. The minimum absolute atomic E-state index is 0.106. The Bertz CT molecular complexity index is 617. The molecule has 0 radical (unpaired) electrons. The van der Waals surface area contributed by atoms with E-state index in [0.29, 0.717) is 17.3 Å². The van der Waals surface area contributed by atoms with Crippen LogP contribution >= 0.6 is 11.6 Å². The van der Waals surface area contributed by atoms with Crippen molar-refractivity contribution in [2.75, 3.05) is 5.32 Å². The van der Waals surface area contributed by atoms with Gasteiger partial charge in [0.1, 0.15) is 5.15 Å². The Morgan fingerprint density at radius 2 is 2.05 bits per heavy atom. The third kappa shape index (κ3) is 3.20. The SMILES string of the molecule is Cc1nc(Cl)ccc1NCc1ccccc1[N+](=O)[O-]. The number of hydrogen-bond donors (Lipinski definition) is 1. The molecule has 0 aliphatic heterocycles. The summed E-state index contributed by atoms with van der Waals surface area (Å²) in [5.74, 6) is 0. The first-order valence-corrected chi connectivity index (χ1v) is 6.05. The summed E-state index contributed by atoms with van der Waals surface area (Å²) in [7, 11) is 0. The molecule has 0 atom stereocenters. The number of nitro benzene ring substituents is 1. The van der Waals surface area contributed by atoms with Gasteiger partial charge in [-0.1, -0.05) is 29.8 Å². The van der Waals surface area contributed by atoms with Gasteiger partial charge in [-0.2, -0.15) is 0 Å². The molecule has 1 aromatic heterocycles. The summed E-state index contributed by atoms with van der Waals surface area (Å²) < 4.78 is 0. The van der Waals surface area contributed by atoms with E-state index in [1.165, 1.54) is 6.07 Å². The largest absolute Gasteiger partial charge is 0.379 e. The Hall–Kier alpha value is -2.14. The lowest BCUT2D eigenvalue weighted by atomic mass is 10.1. The van der Waals surface area contributed by atoms with Crippen molar-refractivity contribution in [3.8, 4) is 0 Å². The second-order valence-corrected chi connectivity index (χ2v) is 4.39. The van der Waals surface area contributed by atoms with E-state index >= 15 is 0 Å². The van der Waals surface area contributed by atoms with E-state index < -0.39 is 0 Å². The molecule has 1 aromatic carbocycles. The molecule has 98 valence electrons. The lowest BCUT2D eigenvalue weighted by molar-refractivity contribution is -0.385. The number of rotatable bonds is 4. The van der Waals surface area contributed by atoms with Gasteiger partial charge in [0.15, 0.2) is 0 Å². The van der Waals surface area contributed by atoms with E-state index in [0.717, 1.165) is 11.4 Å². The molecular formula is C13H12ClN3O2. The highest BCUT2D eigenvalue weighted by Crippen LogP contribution is 2.21. The van der Waals surface area contributed by atoms with Gasteiger partial charge in [-0.3, -0.25) is 10.1 Å². The molecule has 0 saturated heterocycles. The van der Waals surface area contributed by atoms with Gasteiger partial charge in [-0.25, -0.2) is 4.98 Å². The number of nitrogens with zero attached hydrogens (tertiary/aromatic N) is 2. The lowest BCUT2D eigenvalue weighted by Crippen LogP contribution is -2.04. The highest BCUT2D eigenvalue weighted by atomic mass is 35.5. The first-order valence-electron chi connectivity index (χ1n) is 5.67. The van der Waals surface area contributed by atoms with Crippen molar-refractivity contribution in [1.29, 1.82) is 0 Å². The van der Waals surface area contributed by atoms with Crippen molar-refractivity contribution >= 4 is 23.0 Å². The van der Waals surface area contributed by atoms with Crippen LogP contribution in [0.2, 0.25) is 5.15 Å². The molecule has 2 rings (SSSR count). The van der Waals surface area contributed by atoms with Crippen LogP contribution < -0.4 is 5.32 Å². The number of nitro groups is 1. The number of benzene rings is 1. The number of halogens is 1. The highest BCUT2D eigenvalue weighted by Gasteiger charge is 2.12. The topological polar surface area (TPSA) is 68.1 Å². The second-order valence-electron chi connectivity index (χ2n) is 4.01. The van der Waals surface area contributed by atoms with E-state index in [2.05, 4.69) is 10.3 Å². The Balaban J connectivity index is 2.17. The number of hydrogen-bond acceptors (Lipinski definition) is 4. The summed E-state index contributed by atoms with van der Waals surface area (Å²) in [6, 6.07) is 10.1. The number of nitrogens with one attached hydrogen (secondary N) is 1. The van der Waals surface area contributed by atoms with Crippen LogP contribution in [0.25, 0.3) is 0 Å². The van der Waals surface area contributed by atoms with E-state index in [9.17, 15) is 10.1 Å². The fourth-order valence-corrected chi connectivity index (χ4v) is 1.94. The Kier molecular flexibility index (Phi) is 3.97. The summed E-state index contributed by atoms with van der Waals surface area (Å²) >= 11 is 5.77. The van der Waals surface area contributed by atoms with Gasteiger partial charge in [0.25, 0.3) is 5.69 Å². The molecule has 0 amide bonds. The molecule has 0 unspecified atom stereocenters. The zero-order chi connectivity index (χ0) is 13.8. The summed E-state index contributed by atoms with van der Waals surface area (Å²) in [4.78, 5) is 14.6. The number of aryl methyl sites for hydroxylation is 1. The maximum atomic E-state index is 10.9. The molecule has 5 nitrogen and oxygen atoms in total. The standard InChI is InChI=1S/C13H12ClN3O2/c1-9-11(6-7-13(14)16-9)15-8-10-4-2-3-5-12(10)17(18)19/h2-7,15H,8H2,1H3. The van der Waals surface area contributed by atoms with Crippen molar-refractivity contribution in [3.05, 3.63) is 62.9 Å². The van der Waals surface area contributed by atoms with Crippen LogP contribution in [0.1, 0.15) is 11.3 Å². The van der Waals surface area contributed by atoms with Crippen molar-refractivity contribution in [2.24, 2.45) is 0 Å². The number of para-hydroxylation sites is 1. The van der Waals surface area contributed by atoms with Gasteiger partial charge in [0.05, 0.1) is 16.3 Å². The number of pyridine rings is 1. The van der Waals surface area contributed by atoms with Gasteiger partial charge < -0.3 is 5.32 Å². The fourth-order valence-electron chi connectivity index (χ4n) is 1.75. The zero-order valence-corrected chi connectivity index (χ0v) is 11.0. The van der Waals surface area contributed by atoms with Crippen molar-refractivity contribution in [2.45, 2.75) is 13.5 Å². The normalized spacial score (nSPS) is 10.2. The quantitative estimate of drug-likeness (QED) is 0.527. The van der Waals surface area contributed by atoms with E-state index in [4.69, 9.17) is 11.6 Å². The molecule has 0 fully saturated rings. The van der Waals surface area contributed by atoms with Gasteiger partial charge in [-0.15, -0.1) is 0 Å². The maximum Gasteiger partial charge on any atom is 0.274 e. The molecule has 19 heavy (non-hydrogen) atoms. The summed E-state index contributed by atoms with van der Waals surface area (Å²) in [5, 5.41) is 14.4. The van der Waals surface area contributed by atoms with Crippen LogP contribution in [0.5, 0.6) is 0 Å². The highest BCUT2D eigenvalue weighted by molar-refractivity contribution is 6.29. The van der Waals surface area contributed by atoms with Gasteiger partial charge in [0.2, 0.25) is 0 Å². The third-order valence-electron chi connectivity index (χ3n) is 2.71. The van der Waals surface area contributed by atoms with Crippen LogP contribution in [0.15, 0.2) is 36.4 Å². The molecule has 0 aliphatic carbocycles. The maximum absolute atomic E-state index is 10.9. The molecule has 0 bridgehead atoms. The van der Waals surface area contributed by atoms with E-state index in [1.54, 1.807) is 30.3 Å². The Labute approximate surface area is 115 Å². The van der Waals surface area contributed by atoms with Crippen LogP contribution in [0, 0.1) is 17.0 Å². The second kappa shape index (κ2) is 5.67. The minimum Gasteiger partial charge on any atom is -0.379 e. The minimum atomic E-state index is -0.385. The summed E-state index contributed by atoms with van der Waals surface area (Å²) in [5.41, 5.74) is 2.30. The molecule has 1 N–H and O–H groups in total. The number of aromatic nitrogens is 1. The average Bonchev–Trinajstić information content (AvgIpc) is 2.38. The molecule has 1 heterocycles. The third-order valence-corrected chi connectivity index (χ3v) is 2.92. The Morgan fingerprint density at radius 3 is 2.74 bits per heavy atom. The van der Waals surface area contributed by atoms with Gasteiger partial charge in [-0.05, 0) is 19.1 Å². The summed E-state index contributed by atoms with van der Waals surface area (Å²) in [6.45, 7) is 2.19. The molecular weight excluding hydrogens is 266 g/mol. The molecule has 0 aliphatic rings. The van der Waals surface area contributed by atoms with Crippen molar-refractivity contribution in [1.82, 2.24) is 4.98 Å². The Morgan fingerprint density at radius 1 is 1.32 bits per heavy atom. The van der Waals surface area contributed by atoms with Crippen molar-refractivity contribution in [3.63, 3.8) is 0 Å². The lowest BCUT2D eigenvalue weighted by Gasteiger charge is -2.09. The van der Waals surface area contributed by atoms with Gasteiger partial charge in [0, 0.05) is 18.2 Å². The average molecular weight is 278 g/mol. The first kappa shape index (κ1) is 13.3. The number of anilines is 1. The smallest absolute Gasteiger partial charge is 0.274 e. The zero-order valence-electron chi connectivity index (χ0n) is 10.3. The van der Waals surface area contributed by atoms with Crippen LogP contribution in [-0.2, 0) is 6.54 Å². The van der Waals surface area contributed by atoms with Crippen LogP contribution in [0.3, 0.4) is 0 Å². The molecule has 0 saturated carbocycles. The van der Waals surface area contributed by atoms with E-state index in [-0.39, 0.29) is 10.6 Å². The van der Waals surface area contributed by atoms with Crippen LogP contribution in [-0.4, -0.2) is 9.91 Å². The van der Waals surface area contributed by atoms with Crippen molar-refractivity contribution < 1.29 is 4.92 Å². The van der Waals surface area contributed by atoms with E-state index in [1.807, 2.05) is 6.92 Å².